The van der Waals surface area contributed by atoms with Crippen LogP contribution in [-0.2, 0) is 15.4 Å². The lowest BCUT2D eigenvalue weighted by Gasteiger charge is -2.41. The molecular formula is C18H13ClN2O4. The van der Waals surface area contributed by atoms with Gasteiger partial charge in [-0.3, -0.25) is 4.79 Å². The monoisotopic (exact) mass is 356 g/mol. The summed E-state index contributed by atoms with van der Waals surface area (Å²) in [6.45, 7) is 5.46. The van der Waals surface area contributed by atoms with Gasteiger partial charge in [0.2, 0.25) is 0 Å². The van der Waals surface area contributed by atoms with Crippen molar-refractivity contribution in [3.8, 4) is 0 Å². The van der Waals surface area contributed by atoms with Crippen molar-refractivity contribution < 1.29 is 19.1 Å². The Morgan fingerprint density at radius 1 is 1.36 bits per heavy atom. The second-order valence-electron chi connectivity index (χ2n) is 5.69. The van der Waals surface area contributed by atoms with Crippen LogP contribution in [-0.4, -0.2) is 23.5 Å². The van der Waals surface area contributed by atoms with Crippen molar-refractivity contribution in [3.63, 3.8) is 0 Å². The number of carbonyl (C=O) groups is 2. The van der Waals surface area contributed by atoms with Crippen LogP contribution in [0.15, 0.2) is 43.0 Å². The van der Waals surface area contributed by atoms with E-state index in [9.17, 15) is 9.59 Å². The van der Waals surface area contributed by atoms with Gasteiger partial charge in [0.25, 0.3) is 5.91 Å². The van der Waals surface area contributed by atoms with Crippen molar-refractivity contribution >= 4 is 29.2 Å². The third-order valence-electron chi connectivity index (χ3n) is 4.14. The van der Waals surface area contributed by atoms with Gasteiger partial charge >= 0.3 is 11.9 Å². The molecule has 2 aliphatic rings. The number of benzene rings is 1. The van der Waals surface area contributed by atoms with Gasteiger partial charge in [-0.15, -0.1) is 6.58 Å². The van der Waals surface area contributed by atoms with Crippen LogP contribution in [0, 0.1) is 6.92 Å². The molecule has 0 spiro atoms. The van der Waals surface area contributed by atoms with Gasteiger partial charge in [-0.05, 0) is 31.2 Å². The lowest BCUT2D eigenvalue weighted by molar-refractivity contribution is -0.200. The minimum absolute atomic E-state index is 0.0697. The SMILES string of the molecule is C=CCOC12OC(=O)c3c(Cl)cccc3N1C(=O)c1nc(C)ccc12. The molecule has 0 fully saturated rings. The molecular weight excluding hydrogens is 344 g/mol. The topological polar surface area (TPSA) is 68.7 Å². The van der Waals surface area contributed by atoms with E-state index in [2.05, 4.69) is 11.6 Å². The first-order valence-corrected chi connectivity index (χ1v) is 7.97. The first kappa shape index (κ1) is 15.8. The maximum atomic E-state index is 13.1. The molecule has 1 atom stereocenters. The zero-order valence-electron chi connectivity index (χ0n) is 13.3. The maximum absolute atomic E-state index is 13.1. The zero-order valence-corrected chi connectivity index (χ0v) is 14.0. The van der Waals surface area contributed by atoms with E-state index in [0.29, 0.717) is 16.9 Å². The number of ether oxygens (including phenoxy) is 2. The Bertz CT molecular complexity index is 943. The first-order chi connectivity index (χ1) is 12.0. The summed E-state index contributed by atoms with van der Waals surface area (Å²) in [4.78, 5) is 31.3. The largest absolute Gasteiger partial charge is 0.405 e. The Morgan fingerprint density at radius 2 is 2.16 bits per heavy atom. The third-order valence-corrected chi connectivity index (χ3v) is 4.45. The van der Waals surface area contributed by atoms with Gasteiger partial charge in [0.1, 0.15) is 11.3 Å². The number of hydrogen-bond acceptors (Lipinski definition) is 5. The van der Waals surface area contributed by atoms with Crippen molar-refractivity contribution in [3.05, 3.63) is 70.5 Å². The molecule has 6 nitrogen and oxygen atoms in total. The van der Waals surface area contributed by atoms with Crippen LogP contribution < -0.4 is 4.90 Å². The molecule has 1 unspecified atom stereocenters. The highest BCUT2D eigenvalue weighted by Gasteiger charge is 2.60. The number of fused-ring (bicyclic) bond motifs is 5. The van der Waals surface area contributed by atoms with Crippen LogP contribution in [0.5, 0.6) is 0 Å². The molecule has 0 aliphatic carbocycles. The Balaban J connectivity index is 2.02. The molecule has 1 aromatic carbocycles. The zero-order chi connectivity index (χ0) is 17.8. The summed E-state index contributed by atoms with van der Waals surface area (Å²) >= 11 is 6.15. The van der Waals surface area contributed by atoms with E-state index in [4.69, 9.17) is 21.1 Å². The van der Waals surface area contributed by atoms with Crippen LogP contribution in [0.4, 0.5) is 5.69 Å². The van der Waals surface area contributed by atoms with Crippen LogP contribution in [0.1, 0.15) is 32.1 Å². The molecule has 1 amide bonds. The van der Waals surface area contributed by atoms with Crippen molar-refractivity contribution in [2.45, 2.75) is 12.8 Å². The second-order valence-corrected chi connectivity index (χ2v) is 6.10. The number of aromatic nitrogens is 1. The molecule has 2 aromatic rings. The van der Waals surface area contributed by atoms with Gasteiger partial charge in [0.05, 0.1) is 22.9 Å². The van der Waals surface area contributed by atoms with Crippen molar-refractivity contribution in [2.24, 2.45) is 0 Å². The van der Waals surface area contributed by atoms with E-state index in [1.807, 2.05) is 0 Å². The summed E-state index contributed by atoms with van der Waals surface area (Å²) in [5.41, 5.74) is 1.69. The highest BCUT2D eigenvalue weighted by Crippen LogP contribution is 2.49. The van der Waals surface area contributed by atoms with E-state index in [1.54, 1.807) is 37.3 Å². The van der Waals surface area contributed by atoms with E-state index >= 15 is 0 Å². The van der Waals surface area contributed by atoms with Gasteiger partial charge in [-0.2, -0.15) is 0 Å². The highest BCUT2D eigenvalue weighted by atomic mass is 35.5. The molecule has 7 heteroatoms. The number of esters is 1. The predicted octanol–water partition coefficient (Wildman–Crippen LogP) is 3.19. The lowest BCUT2D eigenvalue weighted by Crippen LogP contribution is -2.53. The number of pyridine rings is 1. The summed E-state index contributed by atoms with van der Waals surface area (Å²) in [5.74, 6) is -2.79. The Hall–Kier alpha value is -2.70. The molecule has 0 saturated heterocycles. The molecule has 25 heavy (non-hydrogen) atoms. The average molecular weight is 357 g/mol. The normalized spacial score (nSPS) is 20.6. The molecule has 3 heterocycles. The minimum Gasteiger partial charge on any atom is -0.405 e. The van der Waals surface area contributed by atoms with Crippen LogP contribution in [0.25, 0.3) is 0 Å². The molecule has 4 rings (SSSR count). The number of hydrogen-bond donors (Lipinski definition) is 0. The second kappa shape index (κ2) is 5.40. The summed E-state index contributed by atoms with van der Waals surface area (Å²) < 4.78 is 11.4. The number of nitrogens with zero attached hydrogens (tertiary/aromatic N) is 2. The molecule has 0 N–H and O–H groups in total. The van der Waals surface area contributed by atoms with Crippen molar-refractivity contribution in [2.75, 3.05) is 11.5 Å². The summed E-state index contributed by atoms with van der Waals surface area (Å²) in [6, 6.07) is 8.27. The highest BCUT2D eigenvalue weighted by molar-refractivity contribution is 6.35. The third kappa shape index (κ3) is 2.04. The van der Waals surface area contributed by atoms with Crippen molar-refractivity contribution in [1.82, 2.24) is 4.98 Å². The predicted molar refractivity (Wildman–Crippen MR) is 90.5 cm³/mol. The van der Waals surface area contributed by atoms with Gasteiger partial charge in [-0.1, -0.05) is 23.7 Å². The van der Waals surface area contributed by atoms with E-state index in [1.165, 1.54) is 11.0 Å². The summed E-state index contributed by atoms with van der Waals surface area (Å²) in [6.07, 6.45) is 1.51. The van der Waals surface area contributed by atoms with Crippen LogP contribution >= 0.6 is 11.6 Å². The fraction of sp³-hybridized carbons (Fsp3) is 0.167. The number of anilines is 1. The summed E-state index contributed by atoms with van der Waals surface area (Å²) in [7, 11) is 0. The minimum atomic E-state index is -1.71. The lowest BCUT2D eigenvalue weighted by atomic mass is 10.1. The smallest absolute Gasteiger partial charge is 0.345 e. The fourth-order valence-electron chi connectivity index (χ4n) is 3.12. The molecule has 1 aromatic heterocycles. The quantitative estimate of drug-likeness (QED) is 0.624. The number of aryl methyl sites for hydroxylation is 1. The van der Waals surface area contributed by atoms with Gasteiger partial charge in [0.15, 0.2) is 0 Å². The average Bonchev–Trinajstić information content (AvgIpc) is 2.82. The maximum Gasteiger partial charge on any atom is 0.345 e. The molecule has 0 saturated carbocycles. The molecule has 0 radical (unpaired) electrons. The van der Waals surface area contributed by atoms with E-state index < -0.39 is 17.8 Å². The van der Waals surface area contributed by atoms with Gasteiger partial charge < -0.3 is 9.47 Å². The van der Waals surface area contributed by atoms with Crippen LogP contribution in [0.3, 0.4) is 0 Å². The molecule has 2 aliphatic heterocycles. The number of halogens is 1. The summed E-state index contributed by atoms with van der Waals surface area (Å²) in [5, 5.41) is 0.202. The molecule has 126 valence electrons. The Labute approximate surface area is 148 Å². The molecule has 0 bridgehead atoms. The van der Waals surface area contributed by atoms with E-state index in [0.717, 1.165) is 0 Å². The standard InChI is InChI=1S/C18H13ClN2O4/c1-3-9-24-18-11-8-7-10(2)20-15(11)16(22)21(18)13-6-4-5-12(19)14(13)17(23)25-18/h3-8H,1,9H2,2H3. The fourth-order valence-corrected chi connectivity index (χ4v) is 3.37. The van der Waals surface area contributed by atoms with Gasteiger partial charge in [-0.25, -0.2) is 14.7 Å². The first-order valence-electron chi connectivity index (χ1n) is 7.59. The van der Waals surface area contributed by atoms with Crippen molar-refractivity contribution in [1.29, 1.82) is 0 Å². The number of carbonyl (C=O) groups excluding carboxylic acids is 2. The van der Waals surface area contributed by atoms with Crippen LogP contribution in [0.2, 0.25) is 5.02 Å². The Morgan fingerprint density at radius 3 is 2.92 bits per heavy atom. The van der Waals surface area contributed by atoms with E-state index in [-0.39, 0.29) is 22.9 Å². The number of rotatable bonds is 3. The van der Waals surface area contributed by atoms with Gasteiger partial charge in [0, 0.05) is 5.69 Å². The number of amides is 1. The Kier molecular flexibility index (Phi) is 3.42.